The number of aliphatic hydroxyl groups is 1. The molecular weight excluding hydrogens is 430 g/mol. The molecule has 0 radical (unpaired) electrons. The van der Waals surface area contributed by atoms with Gasteiger partial charge in [-0.3, -0.25) is 9.88 Å². The van der Waals surface area contributed by atoms with Crippen molar-refractivity contribution in [2.45, 2.75) is 44.8 Å². The number of β-amino-alcohol motifs (C(OH)–C–C–N with tert-alkyl or cyclic N) is 1. The van der Waals surface area contributed by atoms with E-state index in [9.17, 15) is 5.11 Å². The van der Waals surface area contributed by atoms with Gasteiger partial charge in [0.25, 0.3) is 0 Å². The number of likely N-dealkylation sites (tertiary alicyclic amines) is 1. The second-order valence-electron chi connectivity index (χ2n) is 9.77. The molecular formula is C26H39N5O3. The maximum atomic E-state index is 11.1. The van der Waals surface area contributed by atoms with E-state index in [1.165, 1.54) is 12.8 Å². The summed E-state index contributed by atoms with van der Waals surface area (Å²) in [4.78, 5) is 13.1. The zero-order valence-corrected chi connectivity index (χ0v) is 20.6. The Morgan fingerprint density at radius 3 is 2.79 bits per heavy atom. The summed E-state index contributed by atoms with van der Waals surface area (Å²) in [5.41, 5.74) is 0.300. The van der Waals surface area contributed by atoms with Crippen molar-refractivity contribution < 1.29 is 14.6 Å². The number of hydrogen-bond acceptors (Lipinski definition) is 8. The van der Waals surface area contributed by atoms with Crippen molar-refractivity contribution in [1.29, 1.82) is 0 Å². The smallest absolute Gasteiger partial charge is 0.161 e. The average molecular weight is 470 g/mol. The topological polar surface area (TPSA) is 83.0 Å². The summed E-state index contributed by atoms with van der Waals surface area (Å²) < 4.78 is 11.6. The Labute approximate surface area is 203 Å². The molecule has 2 N–H and O–H groups in total. The highest BCUT2D eigenvalue weighted by Crippen LogP contribution is 2.29. The van der Waals surface area contributed by atoms with E-state index in [0.717, 1.165) is 67.8 Å². The molecule has 3 heterocycles. The van der Waals surface area contributed by atoms with Gasteiger partial charge in [0.2, 0.25) is 0 Å². The zero-order valence-electron chi connectivity index (χ0n) is 20.6. The van der Waals surface area contributed by atoms with Gasteiger partial charge in [0.05, 0.1) is 18.9 Å². The van der Waals surface area contributed by atoms with E-state index in [-0.39, 0.29) is 0 Å². The first-order chi connectivity index (χ1) is 16.5. The van der Waals surface area contributed by atoms with E-state index in [1.54, 1.807) is 25.7 Å². The Bertz CT molecular complexity index is 891. The van der Waals surface area contributed by atoms with Crippen LogP contribution in [0.5, 0.6) is 11.5 Å². The summed E-state index contributed by atoms with van der Waals surface area (Å²) >= 11 is 0. The fourth-order valence-corrected chi connectivity index (χ4v) is 4.86. The van der Waals surface area contributed by atoms with Crippen LogP contribution in [0.1, 0.15) is 38.2 Å². The molecule has 8 heteroatoms. The number of piperidine rings is 2. The first kappa shape index (κ1) is 24.7. The lowest BCUT2D eigenvalue weighted by molar-refractivity contribution is 0.0258. The van der Waals surface area contributed by atoms with Crippen LogP contribution in [0.15, 0.2) is 36.8 Å². The third-order valence-electron chi connectivity index (χ3n) is 6.98. The van der Waals surface area contributed by atoms with Crippen LogP contribution < -0.4 is 19.7 Å². The predicted molar refractivity (Wildman–Crippen MR) is 133 cm³/mol. The highest BCUT2D eigenvalue weighted by Gasteiger charge is 2.33. The predicted octanol–water partition coefficient (Wildman–Crippen LogP) is 2.72. The Kier molecular flexibility index (Phi) is 8.59. The number of ether oxygens (including phenoxy) is 2. The van der Waals surface area contributed by atoms with Crippen LogP contribution >= 0.6 is 0 Å². The van der Waals surface area contributed by atoms with Crippen molar-refractivity contribution in [1.82, 2.24) is 20.2 Å². The minimum Gasteiger partial charge on any atom is -0.493 e. The van der Waals surface area contributed by atoms with Crippen LogP contribution in [0.25, 0.3) is 0 Å². The maximum absolute atomic E-state index is 11.1. The lowest BCUT2D eigenvalue weighted by atomic mass is 9.92. The Balaban J connectivity index is 1.24. The Morgan fingerprint density at radius 2 is 2.03 bits per heavy atom. The fourth-order valence-electron chi connectivity index (χ4n) is 4.86. The maximum Gasteiger partial charge on any atom is 0.161 e. The number of benzene rings is 1. The van der Waals surface area contributed by atoms with E-state index < -0.39 is 5.60 Å². The van der Waals surface area contributed by atoms with Crippen LogP contribution in [0.3, 0.4) is 0 Å². The van der Waals surface area contributed by atoms with Crippen molar-refractivity contribution in [2.75, 3.05) is 57.9 Å². The number of aromatic nitrogens is 2. The van der Waals surface area contributed by atoms with E-state index in [1.807, 2.05) is 12.1 Å². The standard InChI is InChI=1S/C26H39N5O3/c1-21-6-12-30(13-7-21)14-15-34-23-5-4-22(16-24(23)33-2)17-28-19-26(32)8-3-11-31(20-26)25-18-27-9-10-29-25/h4-5,9-10,16,18,21,28,32H,3,6-8,11-15,17,19-20H2,1-2H3/t26-/m0/s1. The van der Waals surface area contributed by atoms with E-state index in [4.69, 9.17) is 9.47 Å². The lowest BCUT2D eigenvalue weighted by Gasteiger charge is -2.39. The number of nitrogens with one attached hydrogen (secondary N) is 1. The van der Waals surface area contributed by atoms with Crippen LogP contribution in [0.4, 0.5) is 5.82 Å². The van der Waals surface area contributed by atoms with Gasteiger partial charge in [-0.2, -0.15) is 0 Å². The molecule has 2 saturated heterocycles. The third-order valence-corrected chi connectivity index (χ3v) is 6.98. The van der Waals surface area contributed by atoms with Crippen molar-refractivity contribution >= 4 is 5.82 Å². The van der Waals surface area contributed by atoms with Crippen LogP contribution in [0.2, 0.25) is 0 Å². The van der Waals surface area contributed by atoms with Gasteiger partial charge in [-0.1, -0.05) is 13.0 Å². The molecule has 2 aliphatic rings. The molecule has 0 spiro atoms. The molecule has 1 atom stereocenters. The molecule has 0 saturated carbocycles. The Hall–Kier alpha value is -2.42. The average Bonchev–Trinajstić information content (AvgIpc) is 2.86. The van der Waals surface area contributed by atoms with Crippen LogP contribution in [-0.2, 0) is 6.54 Å². The number of methoxy groups -OCH3 is 1. The molecule has 1 aromatic carbocycles. The molecule has 1 aromatic heterocycles. The van der Waals surface area contributed by atoms with Gasteiger partial charge >= 0.3 is 0 Å². The van der Waals surface area contributed by atoms with Gasteiger partial charge in [0.1, 0.15) is 12.4 Å². The Morgan fingerprint density at radius 1 is 1.18 bits per heavy atom. The normalized spacial score (nSPS) is 22.0. The van der Waals surface area contributed by atoms with Crippen LogP contribution in [-0.4, -0.2) is 78.6 Å². The minimum atomic E-state index is -0.796. The van der Waals surface area contributed by atoms with Crippen molar-refractivity contribution in [3.63, 3.8) is 0 Å². The molecule has 186 valence electrons. The summed E-state index contributed by atoms with van der Waals surface area (Å²) in [6.45, 7) is 8.86. The third kappa shape index (κ3) is 6.81. The molecule has 0 aliphatic carbocycles. The number of rotatable bonds is 10. The molecule has 2 fully saturated rings. The lowest BCUT2D eigenvalue weighted by Crippen LogP contribution is -2.53. The van der Waals surface area contributed by atoms with Crippen molar-refractivity contribution in [3.8, 4) is 11.5 Å². The minimum absolute atomic E-state index is 0.513. The van der Waals surface area contributed by atoms with Gasteiger partial charge in [0, 0.05) is 45.1 Å². The first-order valence-corrected chi connectivity index (χ1v) is 12.5. The van der Waals surface area contributed by atoms with Gasteiger partial charge in [0.15, 0.2) is 11.5 Å². The number of anilines is 1. The van der Waals surface area contributed by atoms with Crippen LogP contribution in [0, 0.1) is 5.92 Å². The highest BCUT2D eigenvalue weighted by molar-refractivity contribution is 5.43. The van der Waals surface area contributed by atoms with Gasteiger partial charge < -0.3 is 24.8 Å². The first-order valence-electron chi connectivity index (χ1n) is 12.5. The van der Waals surface area contributed by atoms with E-state index in [0.29, 0.717) is 26.2 Å². The number of hydrogen-bond donors (Lipinski definition) is 2. The quantitative estimate of drug-likeness (QED) is 0.550. The molecule has 0 unspecified atom stereocenters. The molecule has 4 rings (SSSR count). The van der Waals surface area contributed by atoms with E-state index >= 15 is 0 Å². The second-order valence-corrected chi connectivity index (χ2v) is 9.77. The summed E-state index contributed by atoms with van der Waals surface area (Å²) in [6.07, 6.45) is 9.35. The SMILES string of the molecule is COc1cc(CNC[C@@]2(O)CCCN(c3cnccn3)C2)ccc1OCCN1CCC(C)CC1. The molecule has 2 aliphatic heterocycles. The van der Waals surface area contributed by atoms with Gasteiger partial charge in [-0.25, -0.2) is 4.98 Å². The molecule has 0 bridgehead atoms. The second kappa shape index (κ2) is 11.8. The number of nitrogens with zero attached hydrogens (tertiary/aromatic N) is 4. The van der Waals surface area contributed by atoms with Crippen molar-refractivity contribution in [3.05, 3.63) is 42.4 Å². The summed E-state index contributed by atoms with van der Waals surface area (Å²) in [7, 11) is 1.68. The fraction of sp³-hybridized carbons (Fsp3) is 0.615. The molecule has 8 nitrogen and oxygen atoms in total. The zero-order chi connectivity index (χ0) is 23.8. The van der Waals surface area contributed by atoms with Gasteiger partial charge in [-0.05, 0) is 62.4 Å². The van der Waals surface area contributed by atoms with E-state index in [2.05, 4.69) is 38.1 Å². The summed E-state index contributed by atoms with van der Waals surface area (Å²) in [6, 6.07) is 6.06. The monoisotopic (exact) mass is 469 g/mol. The molecule has 0 amide bonds. The largest absolute Gasteiger partial charge is 0.493 e. The molecule has 2 aromatic rings. The summed E-state index contributed by atoms with van der Waals surface area (Å²) in [5.74, 6) is 3.18. The van der Waals surface area contributed by atoms with Crippen molar-refractivity contribution in [2.24, 2.45) is 5.92 Å². The molecule has 34 heavy (non-hydrogen) atoms. The van der Waals surface area contributed by atoms with Gasteiger partial charge in [-0.15, -0.1) is 0 Å². The highest BCUT2D eigenvalue weighted by atomic mass is 16.5. The summed E-state index contributed by atoms with van der Waals surface area (Å²) in [5, 5.41) is 14.6.